The van der Waals surface area contributed by atoms with Crippen molar-refractivity contribution < 1.29 is 8.42 Å². The van der Waals surface area contributed by atoms with E-state index < -0.39 is 10.0 Å². The fourth-order valence-corrected chi connectivity index (χ4v) is 3.72. The van der Waals surface area contributed by atoms with Gasteiger partial charge in [-0.25, -0.2) is 13.4 Å². The minimum Gasteiger partial charge on any atom is -0.308 e. The van der Waals surface area contributed by atoms with Gasteiger partial charge < -0.3 is 4.90 Å². The summed E-state index contributed by atoms with van der Waals surface area (Å²) >= 11 is 0. The quantitative estimate of drug-likeness (QED) is 0.764. The van der Waals surface area contributed by atoms with Crippen LogP contribution in [0.5, 0.6) is 0 Å². The van der Waals surface area contributed by atoms with Gasteiger partial charge in [-0.3, -0.25) is 0 Å². The maximum atomic E-state index is 13.0. The molecule has 0 amide bonds. The fraction of sp³-hybridized carbons (Fsp3) is 0.294. The first-order valence-electron chi connectivity index (χ1n) is 7.49. The van der Waals surface area contributed by atoms with Gasteiger partial charge >= 0.3 is 0 Å². The summed E-state index contributed by atoms with van der Waals surface area (Å²) in [4.78, 5) is 5.74. The Morgan fingerprint density at radius 2 is 1.79 bits per heavy atom. The topological polar surface area (TPSA) is 77.3 Å². The minimum atomic E-state index is -3.82. The van der Waals surface area contributed by atoms with Crippen molar-refractivity contribution in [3.8, 4) is 6.07 Å². The van der Waals surface area contributed by atoms with E-state index in [0.29, 0.717) is 13.1 Å². The van der Waals surface area contributed by atoms with Gasteiger partial charge in [-0.2, -0.15) is 9.57 Å². The van der Waals surface area contributed by atoms with Gasteiger partial charge in [0.15, 0.2) is 5.69 Å². The number of rotatable bonds is 7. The van der Waals surface area contributed by atoms with Crippen molar-refractivity contribution in [3.63, 3.8) is 0 Å². The third-order valence-electron chi connectivity index (χ3n) is 3.49. The zero-order chi connectivity index (χ0) is 17.6. The van der Waals surface area contributed by atoms with E-state index in [1.807, 2.05) is 55.4 Å². The molecule has 1 aromatic heterocycles. The maximum Gasteiger partial charge on any atom is 0.246 e. The highest BCUT2D eigenvalue weighted by molar-refractivity contribution is 7.89. The number of nitrogens with zero attached hydrogens (tertiary/aromatic N) is 4. The molecule has 0 aliphatic carbocycles. The summed E-state index contributed by atoms with van der Waals surface area (Å²) in [6.45, 7) is 1.15. The molecule has 24 heavy (non-hydrogen) atoms. The van der Waals surface area contributed by atoms with E-state index in [0.717, 1.165) is 5.56 Å². The van der Waals surface area contributed by atoms with Crippen molar-refractivity contribution in [2.75, 3.05) is 27.2 Å². The molecule has 0 bridgehead atoms. The number of sulfonamides is 1. The molecule has 0 saturated heterocycles. The highest BCUT2D eigenvalue weighted by atomic mass is 32.2. The van der Waals surface area contributed by atoms with Crippen LogP contribution in [0.15, 0.2) is 53.6 Å². The van der Waals surface area contributed by atoms with Crippen LogP contribution in [0.2, 0.25) is 0 Å². The first-order chi connectivity index (χ1) is 11.4. The van der Waals surface area contributed by atoms with Crippen LogP contribution in [-0.2, 0) is 16.6 Å². The van der Waals surface area contributed by atoms with Crippen molar-refractivity contribution >= 4 is 10.0 Å². The largest absolute Gasteiger partial charge is 0.308 e. The van der Waals surface area contributed by atoms with Crippen LogP contribution in [0.4, 0.5) is 0 Å². The minimum absolute atomic E-state index is 0.0535. The summed E-state index contributed by atoms with van der Waals surface area (Å²) in [7, 11) is -0.0420. The summed E-state index contributed by atoms with van der Waals surface area (Å²) in [6.07, 6.45) is 1.42. The van der Waals surface area contributed by atoms with E-state index >= 15 is 0 Å². The Labute approximate surface area is 143 Å². The van der Waals surface area contributed by atoms with E-state index in [4.69, 9.17) is 5.26 Å². The van der Waals surface area contributed by atoms with Gasteiger partial charge in [-0.1, -0.05) is 30.3 Å². The molecule has 0 aliphatic heterocycles. The van der Waals surface area contributed by atoms with Crippen LogP contribution >= 0.6 is 0 Å². The van der Waals surface area contributed by atoms with Crippen molar-refractivity contribution in [3.05, 3.63) is 59.9 Å². The van der Waals surface area contributed by atoms with E-state index in [1.165, 1.54) is 22.6 Å². The molecule has 7 heteroatoms. The summed E-state index contributed by atoms with van der Waals surface area (Å²) in [5.74, 6) is 0. The lowest BCUT2D eigenvalue weighted by molar-refractivity contribution is 0.329. The molecule has 0 atom stereocenters. The highest BCUT2D eigenvalue weighted by Gasteiger charge is 2.27. The Bertz CT molecular complexity index is 814. The van der Waals surface area contributed by atoms with Crippen LogP contribution in [0.1, 0.15) is 11.3 Å². The molecule has 0 saturated carbocycles. The average molecular weight is 344 g/mol. The van der Waals surface area contributed by atoms with E-state index in [-0.39, 0.29) is 17.1 Å². The van der Waals surface area contributed by atoms with Crippen LogP contribution in [0.3, 0.4) is 0 Å². The first kappa shape index (κ1) is 18.1. The molecule has 0 radical (unpaired) electrons. The third-order valence-corrected chi connectivity index (χ3v) is 5.37. The van der Waals surface area contributed by atoms with E-state index in [2.05, 4.69) is 4.98 Å². The van der Waals surface area contributed by atoms with Gasteiger partial charge in [0, 0.05) is 25.8 Å². The first-order valence-corrected chi connectivity index (χ1v) is 8.93. The second-order valence-corrected chi connectivity index (χ2v) is 7.50. The lowest BCUT2D eigenvalue weighted by atomic mass is 10.2. The average Bonchev–Trinajstić information content (AvgIpc) is 2.59. The molecular weight excluding hydrogens is 324 g/mol. The third kappa shape index (κ3) is 4.38. The predicted octanol–water partition coefficient (Wildman–Crippen LogP) is 1.71. The monoisotopic (exact) mass is 344 g/mol. The van der Waals surface area contributed by atoms with Crippen LogP contribution in [0.25, 0.3) is 0 Å². The van der Waals surface area contributed by atoms with Crippen molar-refractivity contribution in [2.24, 2.45) is 0 Å². The molecule has 6 nitrogen and oxygen atoms in total. The number of pyridine rings is 1. The normalized spacial score (nSPS) is 11.6. The molecule has 0 aliphatic rings. The zero-order valence-electron chi connectivity index (χ0n) is 13.8. The molecule has 2 rings (SSSR count). The number of nitriles is 1. The van der Waals surface area contributed by atoms with Gasteiger partial charge in [-0.15, -0.1) is 0 Å². The Kier molecular flexibility index (Phi) is 6.04. The summed E-state index contributed by atoms with van der Waals surface area (Å²) < 4.78 is 27.5. The molecule has 1 aromatic carbocycles. The molecule has 0 N–H and O–H groups in total. The Balaban J connectivity index is 2.39. The number of aromatic nitrogens is 1. The van der Waals surface area contributed by atoms with Gasteiger partial charge in [0.25, 0.3) is 0 Å². The van der Waals surface area contributed by atoms with Crippen molar-refractivity contribution in [1.29, 1.82) is 5.26 Å². The molecule has 1 heterocycles. The predicted molar refractivity (Wildman–Crippen MR) is 91.5 cm³/mol. The fourth-order valence-electron chi connectivity index (χ4n) is 2.20. The summed E-state index contributed by atoms with van der Waals surface area (Å²) in [5.41, 5.74) is 0.808. The van der Waals surface area contributed by atoms with E-state index in [9.17, 15) is 8.42 Å². The van der Waals surface area contributed by atoms with Gasteiger partial charge in [0.05, 0.1) is 0 Å². The number of benzene rings is 1. The second kappa shape index (κ2) is 8.02. The van der Waals surface area contributed by atoms with Crippen LogP contribution in [-0.4, -0.2) is 49.8 Å². The van der Waals surface area contributed by atoms with Gasteiger partial charge in [-0.05, 0) is 31.8 Å². The summed E-state index contributed by atoms with van der Waals surface area (Å²) in [6, 6.07) is 14.2. The van der Waals surface area contributed by atoms with Crippen LogP contribution < -0.4 is 0 Å². The number of likely N-dealkylation sites (N-methyl/N-ethyl adjacent to an activating group) is 1. The Morgan fingerprint density at radius 3 is 2.42 bits per heavy atom. The number of hydrogen-bond acceptors (Lipinski definition) is 5. The lowest BCUT2D eigenvalue weighted by Gasteiger charge is -2.24. The Morgan fingerprint density at radius 1 is 1.08 bits per heavy atom. The summed E-state index contributed by atoms with van der Waals surface area (Å²) in [5, 5.41) is 9.17. The molecular formula is C17H20N4O2S. The Hall–Kier alpha value is -2.27. The lowest BCUT2D eigenvalue weighted by Crippen LogP contribution is -2.36. The second-order valence-electron chi connectivity index (χ2n) is 5.59. The smallest absolute Gasteiger partial charge is 0.246 e. The number of hydrogen-bond donors (Lipinski definition) is 0. The van der Waals surface area contributed by atoms with Crippen molar-refractivity contribution in [2.45, 2.75) is 11.4 Å². The molecule has 126 valence electrons. The standard InChI is InChI=1S/C17H20N4O2S/c1-20(2)11-12-21(14-15-7-4-3-5-8-15)24(22,23)17-9-6-10-19-16(17)13-18/h3-10H,11-12,14H2,1-2H3. The SMILES string of the molecule is CN(C)CCN(Cc1ccccc1)S(=O)(=O)c1cccnc1C#N. The molecule has 0 fully saturated rings. The van der Waals surface area contributed by atoms with Gasteiger partial charge in [0.1, 0.15) is 11.0 Å². The van der Waals surface area contributed by atoms with Gasteiger partial charge in [0.2, 0.25) is 10.0 Å². The maximum absolute atomic E-state index is 13.0. The zero-order valence-corrected chi connectivity index (χ0v) is 14.6. The highest BCUT2D eigenvalue weighted by Crippen LogP contribution is 2.20. The van der Waals surface area contributed by atoms with E-state index in [1.54, 1.807) is 0 Å². The molecule has 0 spiro atoms. The van der Waals surface area contributed by atoms with Crippen LogP contribution in [0, 0.1) is 11.3 Å². The molecule has 0 unspecified atom stereocenters. The van der Waals surface area contributed by atoms with Crippen molar-refractivity contribution in [1.82, 2.24) is 14.2 Å². The molecule has 2 aromatic rings.